The molecule has 14 heteroatoms. The molecule has 0 amide bonds. The van der Waals surface area contributed by atoms with Crippen LogP contribution in [0.25, 0.3) is 0 Å². The van der Waals surface area contributed by atoms with Gasteiger partial charge >= 0.3 is 12.1 Å². The SMILES string of the molecule is CC(C)[C@H](C(=O)O)N(C)C1CC(CN2CCC(CCC(F)(F)c3cc(C(F)(F)F)ccn3)CC2)C(c2cccc(F)c2)C1.Cl.Cl.Cl. The van der Waals surface area contributed by atoms with Gasteiger partial charge in [0.25, 0.3) is 5.92 Å². The van der Waals surface area contributed by atoms with Crippen LogP contribution in [0.15, 0.2) is 42.6 Å². The number of piperidine rings is 1. The van der Waals surface area contributed by atoms with E-state index in [2.05, 4.69) is 9.88 Å². The molecule has 1 aromatic heterocycles. The van der Waals surface area contributed by atoms with Gasteiger partial charge in [0, 0.05) is 25.2 Å². The molecule has 1 N–H and O–H groups in total. The third-order valence-corrected chi connectivity index (χ3v) is 9.37. The monoisotopic (exact) mass is 721 g/mol. The molecular weight excluding hydrogens is 679 g/mol. The van der Waals surface area contributed by atoms with E-state index in [0.717, 1.165) is 31.1 Å². The van der Waals surface area contributed by atoms with Gasteiger partial charge in [0.05, 0.1) is 5.56 Å². The van der Waals surface area contributed by atoms with E-state index in [-0.39, 0.29) is 79.2 Å². The van der Waals surface area contributed by atoms with Crippen molar-refractivity contribution in [2.75, 3.05) is 26.7 Å². The molecule has 4 atom stereocenters. The number of rotatable bonds is 11. The minimum Gasteiger partial charge on any atom is -0.480 e. The van der Waals surface area contributed by atoms with E-state index in [0.29, 0.717) is 38.1 Å². The Morgan fingerprint density at radius 3 is 2.26 bits per heavy atom. The fourth-order valence-electron chi connectivity index (χ4n) is 7.04. The Morgan fingerprint density at radius 2 is 1.70 bits per heavy atom. The average Bonchev–Trinajstić information content (AvgIpc) is 3.36. The van der Waals surface area contributed by atoms with Gasteiger partial charge in [-0.15, -0.1) is 37.2 Å². The van der Waals surface area contributed by atoms with Crippen LogP contribution in [-0.2, 0) is 16.9 Å². The fraction of sp³-hybridized carbons (Fsp3) is 0.625. The number of likely N-dealkylation sites (N-methyl/N-ethyl adjacent to an activating group) is 1. The zero-order valence-corrected chi connectivity index (χ0v) is 28.5. The highest BCUT2D eigenvalue weighted by Gasteiger charge is 2.42. The molecule has 3 unspecified atom stereocenters. The minimum absolute atomic E-state index is 0. The van der Waals surface area contributed by atoms with Crippen LogP contribution >= 0.6 is 37.2 Å². The summed E-state index contributed by atoms with van der Waals surface area (Å²) in [5.74, 6) is -4.45. The van der Waals surface area contributed by atoms with Crippen LogP contribution in [0.4, 0.5) is 26.3 Å². The molecular formula is C32H44Cl3F6N3O2. The number of pyridine rings is 1. The number of carboxylic acids is 1. The van der Waals surface area contributed by atoms with Crippen molar-refractivity contribution in [3.63, 3.8) is 0 Å². The molecule has 5 nitrogen and oxygen atoms in total. The summed E-state index contributed by atoms with van der Waals surface area (Å²) in [7, 11) is 1.85. The van der Waals surface area contributed by atoms with E-state index < -0.39 is 41.8 Å². The number of nitrogens with zero attached hydrogens (tertiary/aromatic N) is 3. The molecule has 2 fully saturated rings. The molecule has 1 aliphatic heterocycles. The quantitative estimate of drug-likeness (QED) is 0.235. The highest BCUT2D eigenvalue weighted by atomic mass is 35.5. The van der Waals surface area contributed by atoms with Crippen LogP contribution in [0, 0.1) is 23.6 Å². The van der Waals surface area contributed by atoms with Gasteiger partial charge in [-0.1, -0.05) is 26.0 Å². The number of likely N-dealkylation sites (tertiary alicyclic amines) is 1. The Hall–Kier alpha value is -1.79. The third kappa shape index (κ3) is 10.6. The first kappa shape index (κ1) is 42.2. The molecule has 0 spiro atoms. The van der Waals surface area contributed by atoms with Crippen molar-refractivity contribution in [3.05, 3.63) is 65.2 Å². The van der Waals surface area contributed by atoms with E-state index >= 15 is 0 Å². The zero-order valence-electron chi connectivity index (χ0n) is 26.1. The summed E-state index contributed by atoms with van der Waals surface area (Å²) < 4.78 is 82.8. The smallest absolute Gasteiger partial charge is 0.416 e. The standard InChI is InChI=1S/C32H41F6N3O2.3ClH/c1-20(2)29(30(42)43)40(3)26-16-23(27(18-26)22-5-4-6-25(33)15-22)19-41-13-9-21(10-14-41)7-11-31(34,35)28-17-24(8-12-39-28)32(36,37)38;;;/h4-6,8,12,15,17,20-21,23,26-27,29H,7,9-11,13-14,16,18-19H2,1-3H3,(H,42,43);3*1H/t23?,26?,27?,29-;;;/m1.../s1. The summed E-state index contributed by atoms with van der Waals surface area (Å²) in [6, 6.07) is 7.10. The molecule has 4 rings (SSSR count). The maximum Gasteiger partial charge on any atom is 0.416 e. The molecule has 2 aromatic rings. The summed E-state index contributed by atoms with van der Waals surface area (Å²) in [6.07, 6.45) is -1.44. The van der Waals surface area contributed by atoms with Gasteiger partial charge in [0.2, 0.25) is 0 Å². The Bertz CT molecular complexity index is 1250. The fourth-order valence-corrected chi connectivity index (χ4v) is 7.04. The van der Waals surface area contributed by atoms with E-state index in [1.54, 1.807) is 12.1 Å². The first-order valence-corrected chi connectivity index (χ1v) is 15.0. The first-order chi connectivity index (χ1) is 20.2. The van der Waals surface area contributed by atoms with Crippen molar-refractivity contribution >= 4 is 43.2 Å². The van der Waals surface area contributed by atoms with E-state index in [1.807, 2.05) is 31.9 Å². The lowest BCUT2D eigenvalue weighted by atomic mass is 9.86. The van der Waals surface area contributed by atoms with Crippen LogP contribution in [-0.4, -0.2) is 64.6 Å². The predicted molar refractivity (Wildman–Crippen MR) is 173 cm³/mol. The summed E-state index contributed by atoms with van der Waals surface area (Å²) in [6.45, 7) is 5.93. The van der Waals surface area contributed by atoms with Crippen molar-refractivity contribution in [2.45, 2.75) is 82.5 Å². The molecule has 1 aromatic carbocycles. The molecule has 0 radical (unpaired) electrons. The number of benzene rings is 1. The van der Waals surface area contributed by atoms with Crippen molar-refractivity contribution < 1.29 is 36.2 Å². The van der Waals surface area contributed by atoms with Crippen molar-refractivity contribution in [2.24, 2.45) is 17.8 Å². The van der Waals surface area contributed by atoms with Crippen molar-refractivity contribution in [3.8, 4) is 0 Å². The van der Waals surface area contributed by atoms with Gasteiger partial charge in [-0.05, 0) is 106 Å². The van der Waals surface area contributed by atoms with E-state index in [9.17, 15) is 36.2 Å². The Morgan fingerprint density at radius 1 is 1.04 bits per heavy atom. The minimum atomic E-state index is -4.71. The van der Waals surface area contributed by atoms with Crippen molar-refractivity contribution in [1.29, 1.82) is 0 Å². The molecule has 1 saturated carbocycles. The number of alkyl halides is 5. The number of halogens is 9. The van der Waals surface area contributed by atoms with Crippen molar-refractivity contribution in [1.82, 2.24) is 14.8 Å². The lowest BCUT2D eigenvalue weighted by Crippen LogP contribution is -2.47. The number of aromatic nitrogens is 1. The summed E-state index contributed by atoms with van der Waals surface area (Å²) in [5, 5.41) is 9.85. The van der Waals surface area contributed by atoms with Crippen LogP contribution in [0.2, 0.25) is 0 Å². The highest BCUT2D eigenvalue weighted by Crippen LogP contribution is 2.44. The lowest BCUT2D eigenvalue weighted by Gasteiger charge is -2.35. The molecule has 1 saturated heterocycles. The Labute approximate surface area is 285 Å². The molecule has 46 heavy (non-hydrogen) atoms. The summed E-state index contributed by atoms with van der Waals surface area (Å²) in [4.78, 5) is 19.8. The second-order valence-corrected chi connectivity index (χ2v) is 12.7. The van der Waals surface area contributed by atoms with E-state index in [4.69, 9.17) is 0 Å². The number of hydrogen-bond acceptors (Lipinski definition) is 4. The Kier molecular flexibility index (Phi) is 16.1. The highest BCUT2D eigenvalue weighted by molar-refractivity contribution is 5.86. The molecule has 1 aliphatic carbocycles. The first-order valence-electron chi connectivity index (χ1n) is 15.0. The topological polar surface area (TPSA) is 56.7 Å². The second-order valence-electron chi connectivity index (χ2n) is 12.7. The summed E-state index contributed by atoms with van der Waals surface area (Å²) in [5.41, 5.74) is -1.09. The van der Waals surface area contributed by atoms with Gasteiger partial charge in [0.15, 0.2) is 0 Å². The number of hydrogen-bond donors (Lipinski definition) is 1. The summed E-state index contributed by atoms with van der Waals surface area (Å²) >= 11 is 0. The van der Waals surface area contributed by atoms with Gasteiger partial charge < -0.3 is 10.0 Å². The van der Waals surface area contributed by atoms with Gasteiger partial charge in [-0.3, -0.25) is 14.7 Å². The van der Waals surface area contributed by atoms with Crippen LogP contribution in [0.1, 0.15) is 75.1 Å². The normalized spacial score (nSPS) is 21.8. The number of carbonyl (C=O) groups is 1. The van der Waals surface area contributed by atoms with Gasteiger partial charge in [-0.2, -0.15) is 22.0 Å². The molecule has 2 aliphatic rings. The maximum atomic E-state index is 14.8. The van der Waals surface area contributed by atoms with E-state index in [1.165, 1.54) is 6.07 Å². The maximum absolute atomic E-state index is 14.8. The lowest BCUT2D eigenvalue weighted by molar-refractivity contribution is -0.145. The number of carboxylic acid groups (broad SMARTS) is 1. The molecule has 262 valence electrons. The largest absolute Gasteiger partial charge is 0.480 e. The van der Waals surface area contributed by atoms with Crippen LogP contribution in [0.3, 0.4) is 0 Å². The third-order valence-electron chi connectivity index (χ3n) is 9.37. The van der Waals surface area contributed by atoms with Crippen LogP contribution in [0.5, 0.6) is 0 Å². The van der Waals surface area contributed by atoms with Crippen LogP contribution < -0.4 is 0 Å². The zero-order chi connectivity index (χ0) is 31.5. The molecule has 2 heterocycles. The second kappa shape index (κ2) is 17.6. The Balaban J connectivity index is 0.00000353. The molecule has 0 bridgehead atoms. The van der Waals surface area contributed by atoms with Gasteiger partial charge in [-0.25, -0.2) is 4.39 Å². The number of aliphatic carboxylic acids is 1. The average molecular weight is 723 g/mol. The predicted octanol–water partition coefficient (Wildman–Crippen LogP) is 8.69. The van der Waals surface area contributed by atoms with Gasteiger partial charge in [0.1, 0.15) is 17.6 Å².